The predicted molar refractivity (Wildman–Crippen MR) is 84.4 cm³/mol. The van der Waals surface area contributed by atoms with Crippen molar-refractivity contribution < 1.29 is 4.79 Å². The number of carbonyl (C=O) groups is 1. The minimum absolute atomic E-state index is 0.0266. The maximum Gasteiger partial charge on any atom is 0.317 e. The van der Waals surface area contributed by atoms with Crippen molar-refractivity contribution in [3.05, 3.63) is 36.7 Å². The summed E-state index contributed by atoms with van der Waals surface area (Å²) in [6, 6.07) is 10.3. The Balaban J connectivity index is 1.72. The van der Waals surface area contributed by atoms with Gasteiger partial charge in [-0.05, 0) is 12.8 Å². The molecule has 6 heteroatoms. The van der Waals surface area contributed by atoms with Crippen LogP contribution >= 0.6 is 0 Å². The summed E-state index contributed by atoms with van der Waals surface area (Å²) in [5.41, 5.74) is 1.05. The van der Waals surface area contributed by atoms with Crippen molar-refractivity contribution in [3.8, 4) is 11.4 Å². The molecule has 3 rings (SSSR count). The zero-order chi connectivity index (χ0) is 15.4. The molecule has 1 aliphatic heterocycles. The van der Waals surface area contributed by atoms with E-state index < -0.39 is 0 Å². The number of urea groups is 1. The van der Waals surface area contributed by atoms with Gasteiger partial charge in [-0.3, -0.25) is 0 Å². The number of rotatable bonds is 4. The highest BCUT2D eigenvalue weighted by Gasteiger charge is 2.28. The summed E-state index contributed by atoms with van der Waals surface area (Å²) in [4.78, 5) is 13.9. The molecule has 1 unspecified atom stereocenters. The number of carbonyl (C=O) groups excluding carboxylic acids is 1. The van der Waals surface area contributed by atoms with E-state index in [0.29, 0.717) is 6.54 Å². The first kappa shape index (κ1) is 14.6. The van der Waals surface area contributed by atoms with Gasteiger partial charge in [0.15, 0.2) is 5.82 Å². The second-order valence-corrected chi connectivity index (χ2v) is 5.55. The van der Waals surface area contributed by atoms with Crippen molar-refractivity contribution in [2.75, 3.05) is 19.6 Å². The summed E-state index contributed by atoms with van der Waals surface area (Å²) < 4.78 is 2.09. The van der Waals surface area contributed by atoms with Crippen LogP contribution in [0.1, 0.15) is 25.8 Å². The van der Waals surface area contributed by atoms with Crippen LogP contribution in [-0.2, 0) is 0 Å². The molecule has 6 nitrogen and oxygen atoms in total. The van der Waals surface area contributed by atoms with Gasteiger partial charge < -0.3 is 14.8 Å². The first-order chi connectivity index (χ1) is 10.8. The molecule has 2 heterocycles. The average Bonchev–Trinajstić information content (AvgIpc) is 3.21. The van der Waals surface area contributed by atoms with E-state index in [9.17, 15) is 4.79 Å². The van der Waals surface area contributed by atoms with Gasteiger partial charge in [-0.15, -0.1) is 10.2 Å². The van der Waals surface area contributed by atoms with Gasteiger partial charge >= 0.3 is 6.03 Å². The van der Waals surface area contributed by atoms with E-state index in [2.05, 4.69) is 27.0 Å². The molecule has 0 radical (unpaired) electrons. The SMILES string of the molecule is CCCNC(=O)N1CCC(n2cnnc2-c2ccccc2)C1. The van der Waals surface area contributed by atoms with E-state index in [1.165, 1.54) is 0 Å². The van der Waals surface area contributed by atoms with E-state index in [4.69, 9.17) is 0 Å². The molecule has 1 aromatic heterocycles. The molecule has 2 aromatic rings. The standard InChI is InChI=1S/C16H21N5O/c1-2-9-17-16(22)20-10-8-14(11-20)21-12-18-19-15(21)13-6-4-3-5-7-13/h3-7,12,14H,2,8-11H2,1H3,(H,17,22). The number of likely N-dealkylation sites (tertiary alicyclic amines) is 1. The molecule has 22 heavy (non-hydrogen) atoms. The summed E-state index contributed by atoms with van der Waals surface area (Å²) in [5, 5.41) is 11.2. The van der Waals surface area contributed by atoms with Crippen LogP contribution in [0, 0.1) is 0 Å². The van der Waals surface area contributed by atoms with Gasteiger partial charge in [0.1, 0.15) is 6.33 Å². The second kappa shape index (κ2) is 6.60. The van der Waals surface area contributed by atoms with E-state index in [0.717, 1.165) is 37.3 Å². The predicted octanol–water partition coefficient (Wildman–Crippen LogP) is 2.31. The lowest BCUT2D eigenvalue weighted by Crippen LogP contribution is -2.38. The van der Waals surface area contributed by atoms with Gasteiger partial charge in [-0.1, -0.05) is 37.3 Å². The Morgan fingerprint density at radius 1 is 1.36 bits per heavy atom. The summed E-state index contributed by atoms with van der Waals surface area (Å²) >= 11 is 0. The summed E-state index contributed by atoms with van der Waals surface area (Å²) in [6.45, 7) is 4.25. The third kappa shape index (κ3) is 2.95. The molecule has 1 aliphatic rings. The normalized spacial score (nSPS) is 17.7. The number of nitrogens with zero attached hydrogens (tertiary/aromatic N) is 4. The van der Waals surface area contributed by atoms with Crippen LogP contribution < -0.4 is 5.32 Å². The lowest BCUT2D eigenvalue weighted by atomic mass is 10.2. The van der Waals surface area contributed by atoms with Crippen LogP contribution in [0.25, 0.3) is 11.4 Å². The van der Waals surface area contributed by atoms with Crippen molar-refractivity contribution in [2.45, 2.75) is 25.8 Å². The van der Waals surface area contributed by atoms with Crippen LogP contribution in [0.15, 0.2) is 36.7 Å². The van der Waals surface area contributed by atoms with Crippen molar-refractivity contribution in [1.29, 1.82) is 0 Å². The molecule has 0 bridgehead atoms. The van der Waals surface area contributed by atoms with Crippen LogP contribution in [0.4, 0.5) is 4.79 Å². The Morgan fingerprint density at radius 3 is 2.95 bits per heavy atom. The molecule has 1 saturated heterocycles. The highest BCUT2D eigenvalue weighted by atomic mass is 16.2. The largest absolute Gasteiger partial charge is 0.338 e. The molecule has 1 aromatic carbocycles. The van der Waals surface area contributed by atoms with Crippen molar-refractivity contribution >= 4 is 6.03 Å². The van der Waals surface area contributed by atoms with Crippen LogP contribution in [-0.4, -0.2) is 45.3 Å². The number of benzene rings is 1. The molecule has 1 atom stereocenters. The first-order valence-electron chi connectivity index (χ1n) is 7.77. The topological polar surface area (TPSA) is 63.1 Å². The summed E-state index contributed by atoms with van der Waals surface area (Å²) in [6.07, 6.45) is 3.64. The Hall–Kier alpha value is -2.37. The summed E-state index contributed by atoms with van der Waals surface area (Å²) in [5.74, 6) is 0.862. The fraction of sp³-hybridized carbons (Fsp3) is 0.438. The van der Waals surface area contributed by atoms with Crippen LogP contribution in [0.2, 0.25) is 0 Å². The number of nitrogens with one attached hydrogen (secondary N) is 1. The van der Waals surface area contributed by atoms with Gasteiger partial charge in [0.2, 0.25) is 0 Å². The Kier molecular flexibility index (Phi) is 4.37. The zero-order valence-corrected chi connectivity index (χ0v) is 12.8. The Labute approximate surface area is 130 Å². The Morgan fingerprint density at radius 2 is 2.18 bits per heavy atom. The van der Waals surface area contributed by atoms with Crippen molar-refractivity contribution in [3.63, 3.8) is 0 Å². The second-order valence-electron chi connectivity index (χ2n) is 5.55. The molecular formula is C16H21N5O. The van der Waals surface area contributed by atoms with Crippen LogP contribution in [0.3, 0.4) is 0 Å². The molecular weight excluding hydrogens is 278 g/mol. The average molecular weight is 299 g/mol. The van der Waals surface area contributed by atoms with E-state index in [-0.39, 0.29) is 12.1 Å². The van der Waals surface area contributed by atoms with E-state index in [1.807, 2.05) is 35.2 Å². The lowest BCUT2D eigenvalue weighted by Gasteiger charge is -2.18. The monoisotopic (exact) mass is 299 g/mol. The fourth-order valence-electron chi connectivity index (χ4n) is 2.80. The van der Waals surface area contributed by atoms with Crippen molar-refractivity contribution in [1.82, 2.24) is 25.0 Å². The third-order valence-electron chi connectivity index (χ3n) is 3.98. The smallest absolute Gasteiger partial charge is 0.317 e. The van der Waals surface area contributed by atoms with Gasteiger partial charge in [-0.2, -0.15) is 0 Å². The number of hydrogen-bond acceptors (Lipinski definition) is 3. The highest BCUT2D eigenvalue weighted by Crippen LogP contribution is 2.26. The lowest BCUT2D eigenvalue weighted by molar-refractivity contribution is 0.207. The van der Waals surface area contributed by atoms with Crippen LogP contribution in [0.5, 0.6) is 0 Å². The molecule has 1 N–H and O–H groups in total. The molecule has 0 aliphatic carbocycles. The number of amides is 2. The third-order valence-corrected chi connectivity index (χ3v) is 3.98. The highest BCUT2D eigenvalue weighted by molar-refractivity contribution is 5.74. The number of hydrogen-bond donors (Lipinski definition) is 1. The van der Waals surface area contributed by atoms with Gasteiger partial charge in [0, 0.05) is 25.2 Å². The van der Waals surface area contributed by atoms with Gasteiger partial charge in [-0.25, -0.2) is 4.79 Å². The first-order valence-corrected chi connectivity index (χ1v) is 7.77. The van der Waals surface area contributed by atoms with E-state index in [1.54, 1.807) is 6.33 Å². The fourth-order valence-corrected chi connectivity index (χ4v) is 2.80. The molecule has 1 fully saturated rings. The Bertz CT molecular complexity index is 624. The quantitative estimate of drug-likeness (QED) is 0.942. The number of aromatic nitrogens is 3. The van der Waals surface area contributed by atoms with Gasteiger partial charge in [0.25, 0.3) is 0 Å². The minimum Gasteiger partial charge on any atom is -0.338 e. The maximum absolute atomic E-state index is 12.0. The van der Waals surface area contributed by atoms with E-state index >= 15 is 0 Å². The van der Waals surface area contributed by atoms with Gasteiger partial charge in [0.05, 0.1) is 6.04 Å². The zero-order valence-electron chi connectivity index (χ0n) is 12.8. The van der Waals surface area contributed by atoms with Crippen molar-refractivity contribution in [2.24, 2.45) is 0 Å². The maximum atomic E-state index is 12.0. The minimum atomic E-state index is 0.0266. The molecule has 0 saturated carbocycles. The summed E-state index contributed by atoms with van der Waals surface area (Å²) in [7, 11) is 0. The molecule has 116 valence electrons. The molecule has 0 spiro atoms. The molecule has 2 amide bonds.